The second kappa shape index (κ2) is 6.30. The van der Waals surface area contributed by atoms with Crippen molar-refractivity contribution in [1.82, 2.24) is 5.32 Å². The smallest absolute Gasteiger partial charge is 0.224 e. The molecule has 2 unspecified atom stereocenters. The van der Waals surface area contributed by atoms with Gasteiger partial charge in [0, 0.05) is 24.3 Å². The molecule has 1 saturated heterocycles. The summed E-state index contributed by atoms with van der Waals surface area (Å²) in [5.74, 6) is 1.37. The van der Waals surface area contributed by atoms with Gasteiger partial charge in [0.25, 0.3) is 0 Å². The highest BCUT2D eigenvalue weighted by atomic mass is 32.2. The third kappa shape index (κ3) is 3.50. The third-order valence-electron chi connectivity index (χ3n) is 2.68. The quantitative estimate of drug-likeness (QED) is 0.720. The normalized spacial score (nSPS) is 23.4. The van der Waals surface area contributed by atoms with E-state index in [1.165, 1.54) is 18.6 Å². The number of carbonyl (C=O) groups is 1. The largest absolute Gasteiger partial charge is 0.355 e. The molecule has 14 heavy (non-hydrogen) atoms. The Kier molecular flexibility index (Phi) is 5.33. The van der Waals surface area contributed by atoms with Crippen LogP contribution in [0.15, 0.2) is 0 Å². The molecule has 0 aromatic heterocycles. The zero-order valence-corrected chi connectivity index (χ0v) is 9.61. The molecule has 4 heteroatoms. The van der Waals surface area contributed by atoms with E-state index in [0.717, 1.165) is 13.0 Å². The van der Waals surface area contributed by atoms with E-state index in [-0.39, 0.29) is 11.8 Å². The minimum atomic E-state index is 0.00130. The Hall–Kier alpha value is -0.220. The summed E-state index contributed by atoms with van der Waals surface area (Å²) >= 11 is 1.97. The van der Waals surface area contributed by atoms with Crippen LogP contribution in [0.1, 0.15) is 26.2 Å². The van der Waals surface area contributed by atoms with Gasteiger partial charge < -0.3 is 11.1 Å². The van der Waals surface area contributed by atoms with Gasteiger partial charge in [0.2, 0.25) is 5.91 Å². The Balaban J connectivity index is 2.18. The van der Waals surface area contributed by atoms with Gasteiger partial charge in [0.1, 0.15) is 0 Å². The van der Waals surface area contributed by atoms with Gasteiger partial charge in [-0.3, -0.25) is 4.79 Å². The van der Waals surface area contributed by atoms with E-state index in [1.54, 1.807) is 0 Å². The average Bonchev–Trinajstić information content (AvgIpc) is 2.69. The second-order valence-corrected chi connectivity index (χ2v) is 5.13. The molecule has 82 valence electrons. The number of hydrogen-bond acceptors (Lipinski definition) is 3. The highest BCUT2D eigenvalue weighted by Crippen LogP contribution is 2.25. The van der Waals surface area contributed by atoms with E-state index in [1.807, 2.05) is 18.7 Å². The molecule has 0 aromatic carbocycles. The van der Waals surface area contributed by atoms with Crippen LogP contribution in [0.4, 0.5) is 0 Å². The van der Waals surface area contributed by atoms with Crippen LogP contribution in [-0.2, 0) is 4.79 Å². The third-order valence-corrected chi connectivity index (χ3v) is 4.07. The Morgan fingerprint density at radius 2 is 2.50 bits per heavy atom. The monoisotopic (exact) mass is 216 g/mol. The van der Waals surface area contributed by atoms with Gasteiger partial charge in [0.15, 0.2) is 0 Å². The van der Waals surface area contributed by atoms with Crippen LogP contribution in [-0.4, -0.2) is 30.0 Å². The van der Waals surface area contributed by atoms with Crippen molar-refractivity contribution >= 4 is 17.7 Å². The molecule has 1 heterocycles. The zero-order valence-electron chi connectivity index (χ0n) is 8.79. The van der Waals surface area contributed by atoms with Crippen molar-refractivity contribution in [3.63, 3.8) is 0 Å². The fraction of sp³-hybridized carbons (Fsp3) is 0.900. The maximum absolute atomic E-state index is 11.6. The molecule has 2 atom stereocenters. The topological polar surface area (TPSA) is 55.1 Å². The summed E-state index contributed by atoms with van der Waals surface area (Å²) in [6, 6.07) is 0. The van der Waals surface area contributed by atoms with Crippen molar-refractivity contribution in [2.24, 2.45) is 11.7 Å². The van der Waals surface area contributed by atoms with Gasteiger partial charge in [-0.05, 0) is 25.0 Å². The number of thioether (sulfide) groups is 1. The fourth-order valence-corrected chi connectivity index (χ4v) is 2.82. The first-order chi connectivity index (χ1) is 6.77. The molecule has 3 N–H and O–H groups in total. The van der Waals surface area contributed by atoms with Crippen molar-refractivity contribution in [2.45, 2.75) is 31.4 Å². The lowest BCUT2D eigenvalue weighted by Crippen LogP contribution is -2.37. The summed E-state index contributed by atoms with van der Waals surface area (Å²) in [7, 11) is 0. The number of nitrogens with one attached hydrogen (secondary N) is 1. The van der Waals surface area contributed by atoms with Gasteiger partial charge in [-0.2, -0.15) is 11.8 Å². The summed E-state index contributed by atoms with van der Waals surface area (Å²) in [5.41, 5.74) is 5.50. The molecule has 3 nitrogen and oxygen atoms in total. The molecule has 0 saturated carbocycles. The minimum absolute atomic E-state index is 0.00130. The van der Waals surface area contributed by atoms with Gasteiger partial charge in [0.05, 0.1) is 0 Å². The van der Waals surface area contributed by atoms with Crippen LogP contribution in [0.25, 0.3) is 0 Å². The number of nitrogens with two attached hydrogens (primary N) is 1. The van der Waals surface area contributed by atoms with E-state index in [0.29, 0.717) is 11.8 Å². The van der Waals surface area contributed by atoms with E-state index in [2.05, 4.69) is 5.32 Å². The number of amides is 1. The Morgan fingerprint density at radius 3 is 3.00 bits per heavy atom. The van der Waals surface area contributed by atoms with Crippen molar-refractivity contribution in [2.75, 3.05) is 18.8 Å². The van der Waals surface area contributed by atoms with Gasteiger partial charge in [-0.25, -0.2) is 0 Å². The number of hydrogen-bond donors (Lipinski definition) is 2. The van der Waals surface area contributed by atoms with Gasteiger partial charge >= 0.3 is 0 Å². The molecule has 0 aliphatic carbocycles. The van der Waals surface area contributed by atoms with E-state index in [9.17, 15) is 4.79 Å². The first-order valence-corrected chi connectivity index (χ1v) is 6.42. The van der Waals surface area contributed by atoms with Crippen LogP contribution in [0.5, 0.6) is 0 Å². The summed E-state index contributed by atoms with van der Waals surface area (Å²) in [5, 5.41) is 3.62. The van der Waals surface area contributed by atoms with Crippen LogP contribution in [0, 0.1) is 5.92 Å². The highest BCUT2D eigenvalue weighted by molar-refractivity contribution is 8.00. The molecule has 0 spiro atoms. The molecule has 0 bridgehead atoms. The highest BCUT2D eigenvalue weighted by Gasteiger charge is 2.19. The molecule has 0 radical (unpaired) electrons. The summed E-state index contributed by atoms with van der Waals surface area (Å²) < 4.78 is 0. The first kappa shape index (κ1) is 11.9. The van der Waals surface area contributed by atoms with Gasteiger partial charge in [-0.1, -0.05) is 6.92 Å². The van der Waals surface area contributed by atoms with Crippen molar-refractivity contribution in [3.8, 4) is 0 Å². The van der Waals surface area contributed by atoms with Crippen molar-refractivity contribution in [1.29, 1.82) is 0 Å². The molecule has 1 amide bonds. The maximum atomic E-state index is 11.6. The summed E-state index contributed by atoms with van der Waals surface area (Å²) in [6.07, 6.45) is 3.36. The first-order valence-electron chi connectivity index (χ1n) is 5.37. The molecule has 1 aliphatic heterocycles. The lowest BCUT2D eigenvalue weighted by Gasteiger charge is -2.15. The SMILES string of the molecule is CCC(CN)C(=O)NCC1CCCS1. The lowest BCUT2D eigenvalue weighted by molar-refractivity contribution is -0.124. The fourth-order valence-electron chi connectivity index (χ4n) is 1.62. The van der Waals surface area contributed by atoms with Crippen LogP contribution in [0.2, 0.25) is 0 Å². The molecular weight excluding hydrogens is 196 g/mol. The van der Waals surface area contributed by atoms with Crippen molar-refractivity contribution < 1.29 is 4.79 Å². The average molecular weight is 216 g/mol. The van der Waals surface area contributed by atoms with Crippen LogP contribution < -0.4 is 11.1 Å². The summed E-state index contributed by atoms with van der Waals surface area (Å²) in [6.45, 7) is 3.28. The van der Waals surface area contributed by atoms with Crippen LogP contribution >= 0.6 is 11.8 Å². The predicted octanol–water partition coefficient (Wildman–Crippen LogP) is 0.983. The summed E-state index contributed by atoms with van der Waals surface area (Å²) in [4.78, 5) is 11.6. The number of carbonyl (C=O) groups excluding carboxylic acids is 1. The molecular formula is C10H20N2OS. The van der Waals surface area contributed by atoms with Crippen LogP contribution in [0.3, 0.4) is 0 Å². The molecule has 0 aromatic rings. The standard InChI is InChI=1S/C10H20N2OS/c1-2-8(6-11)10(13)12-7-9-4-3-5-14-9/h8-9H,2-7,11H2,1H3,(H,12,13). The Labute approximate surface area is 90.2 Å². The Bertz CT molecular complexity index is 177. The molecule has 1 fully saturated rings. The predicted molar refractivity (Wildman–Crippen MR) is 61.3 cm³/mol. The van der Waals surface area contributed by atoms with E-state index < -0.39 is 0 Å². The molecule has 1 aliphatic rings. The van der Waals surface area contributed by atoms with Crippen molar-refractivity contribution in [3.05, 3.63) is 0 Å². The zero-order chi connectivity index (χ0) is 10.4. The van der Waals surface area contributed by atoms with Gasteiger partial charge in [-0.15, -0.1) is 0 Å². The number of rotatable bonds is 5. The maximum Gasteiger partial charge on any atom is 0.224 e. The molecule has 1 rings (SSSR count). The van der Waals surface area contributed by atoms with E-state index in [4.69, 9.17) is 5.73 Å². The van der Waals surface area contributed by atoms with E-state index >= 15 is 0 Å². The lowest BCUT2D eigenvalue weighted by atomic mass is 10.1. The Morgan fingerprint density at radius 1 is 1.71 bits per heavy atom. The second-order valence-electron chi connectivity index (χ2n) is 3.72. The minimum Gasteiger partial charge on any atom is -0.355 e.